The van der Waals surface area contributed by atoms with Crippen LogP contribution >= 0.6 is 23.4 Å². The van der Waals surface area contributed by atoms with Gasteiger partial charge < -0.3 is 14.6 Å². The van der Waals surface area contributed by atoms with Crippen LogP contribution in [0.1, 0.15) is 39.7 Å². The Kier molecular flexibility index (Phi) is 4.77. The molecule has 0 aromatic carbocycles. The second-order valence-corrected chi connectivity index (χ2v) is 8.58. The van der Waals surface area contributed by atoms with Crippen molar-refractivity contribution in [1.82, 2.24) is 25.0 Å². The van der Waals surface area contributed by atoms with E-state index in [-0.39, 0.29) is 11.2 Å². The summed E-state index contributed by atoms with van der Waals surface area (Å²) in [5, 5.41) is 18.7. The van der Waals surface area contributed by atoms with Gasteiger partial charge in [-0.3, -0.25) is 4.79 Å². The van der Waals surface area contributed by atoms with Crippen molar-refractivity contribution < 1.29 is 19.4 Å². The van der Waals surface area contributed by atoms with Crippen molar-refractivity contribution in [2.75, 3.05) is 5.75 Å². The first-order valence-corrected chi connectivity index (χ1v) is 10.2. The highest BCUT2D eigenvalue weighted by Crippen LogP contribution is 2.47. The van der Waals surface area contributed by atoms with Crippen molar-refractivity contribution in [3.63, 3.8) is 0 Å². The number of carboxylic acids is 1. The molecule has 9 nitrogen and oxygen atoms in total. The summed E-state index contributed by atoms with van der Waals surface area (Å²) in [6, 6.07) is -0.363. The van der Waals surface area contributed by atoms with Crippen molar-refractivity contribution in [3.05, 3.63) is 5.15 Å². The van der Waals surface area contributed by atoms with Crippen LogP contribution in [0.2, 0.25) is 5.15 Å². The quantitative estimate of drug-likeness (QED) is 0.448. The zero-order valence-corrected chi connectivity index (χ0v) is 16.7. The van der Waals surface area contributed by atoms with E-state index in [0.717, 1.165) is 12.2 Å². The Hall–Kier alpha value is -1.49. The molecule has 2 aromatic rings. The number of thioether (sulfide) groups is 1. The third-order valence-corrected chi connectivity index (χ3v) is 6.08. The standard InChI is InChI=1S/C16H20ClN5O4S/c1-4-5-27-15-18-12(17)9-13(19-15)22(21-20-9)8-6-7(14(23)24)10-11(8)26-16(2,3)25-10/h7-8,10-11H,4-6H2,1-3H3,(H,23,24)/t7-,8+,10+,11-/m0/s1. The molecule has 0 radical (unpaired) electrons. The van der Waals surface area contributed by atoms with E-state index in [1.165, 1.54) is 11.8 Å². The van der Waals surface area contributed by atoms with E-state index < -0.39 is 29.9 Å². The van der Waals surface area contributed by atoms with E-state index in [9.17, 15) is 9.90 Å². The predicted octanol–water partition coefficient (Wildman–Crippen LogP) is 2.54. The second kappa shape index (κ2) is 6.84. The lowest BCUT2D eigenvalue weighted by atomic mass is 10.1. The summed E-state index contributed by atoms with van der Waals surface area (Å²) in [6.07, 6.45) is 0.298. The highest BCUT2D eigenvalue weighted by atomic mass is 35.5. The van der Waals surface area contributed by atoms with Crippen LogP contribution in [0.5, 0.6) is 0 Å². The molecule has 1 N–H and O–H groups in total. The molecule has 1 aliphatic carbocycles. The molecule has 2 aliphatic rings. The lowest BCUT2D eigenvalue weighted by molar-refractivity contribution is -0.168. The number of fused-ring (bicyclic) bond motifs is 2. The van der Waals surface area contributed by atoms with Gasteiger partial charge in [-0.1, -0.05) is 35.5 Å². The lowest BCUT2D eigenvalue weighted by Gasteiger charge is -2.22. The minimum absolute atomic E-state index is 0.234. The van der Waals surface area contributed by atoms with Crippen LogP contribution in [0.4, 0.5) is 0 Å². The van der Waals surface area contributed by atoms with Gasteiger partial charge in [0.05, 0.1) is 12.0 Å². The molecule has 11 heteroatoms. The van der Waals surface area contributed by atoms with Gasteiger partial charge in [-0.15, -0.1) is 5.10 Å². The van der Waals surface area contributed by atoms with Crippen LogP contribution in [0.3, 0.4) is 0 Å². The molecule has 0 bridgehead atoms. The number of rotatable bonds is 5. The van der Waals surface area contributed by atoms with E-state index in [1.807, 2.05) is 0 Å². The largest absolute Gasteiger partial charge is 0.481 e. The van der Waals surface area contributed by atoms with Crippen LogP contribution < -0.4 is 0 Å². The van der Waals surface area contributed by atoms with Gasteiger partial charge >= 0.3 is 5.97 Å². The van der Waals surface area contributed by atoms with Gasteiger partial charge in [-0.2, -0.15) is 0 Å². The fourth-order valence-electron chi connectivity index (χ4n) is 3.69. The average molecular weight is 414 g/mol. The van der Waals surface area contributed by atoms with Crippen molar-refractivity contribution in [3.8, 4) is 0 Å². The zero-order chi connectivity index (χ0) is 19.3. The van der Waals surface area contributed by atoms with Crippen LogP contribution in [-0.4, -0.2) is 59.8 Å². The summed E-state index contributed by atoms with van der Waals surface area (Å²) < 4.78 is 13.5. The first-order valence-electron chi connectivity index (χ1n) is 8.80. The van der Waals surface area contributed by atoms with Crippen molar-refractivity contribution in [2.24, 2.45) is 5.92 Å². The van der Waals surface area contributed by atoms with E-state index in [4.69, 9.17) is 21.1 Å². The third kappa shape index (κ3) is 3.28. The summed E-state index contributed by atoms with van der Waals surface area (Å²) in [4.78, 5) is 20.6. The Morgan fingerprint density at radius 2 is 2.11 bits per heavy atom. The molecule has 27 heavy (non-hydrogen) atoms. The summed E-state index contributed by atoms with van der Waals surface area (Å²) in [5.41, 5.74) is 0.878. The topological polar surface area (TPSA) is 112 Å². The molecular formula is C16H20ClN5O4S. The Morgan fingerprint density at radius 1 is 1.37 bits per heavy atom. The molecule has 2 aromatic heterocycles. The molecule has 0 spiro atoms. The monoisotopic (exact) mass is 413 g/mol. The molecule has 2 fully saturated rings. The van der Waals surface area contributed by atoms with Gasteiger partial charge in [0.15, 0.2) is 27.3 Å². The van der Waals surface area contributed by atoms with Gasteiger partial charge in [0.1, 0.15) is 12.2 Å². The Balaban J connectivity index is 1.75. The first kappa shape index (κ1) is 18.9. The summed E-state index contributed by atoms with van der Waals surface area (Å²) in [6.45, 7) is 5.63. The van der Waals surface area contributed by atoms with E-state index in [1.54, 1.807) is 18.5 Å². The molecule has 0 unspecified atom stereocenters. The highest BCUT2D eigenvalue weighted by Gasteiger charge is 2.57. The molecule has 1 saturated heterocycles. The number of halogens is 1. The number of nitrogens with zero attached hydrogens (tertiary/aromatic N) is 5. The number of hydrogen-bond donors (Lipinski definition) is 1. The third-order valence-electron chi connectivity index (χ3n) is 4.76. The van der Waals surface area contributed by atoms with Crippen molar-refractivity contribution in [1.29, 1.82) is 0 Å². The minimum atomic E-state index is -0.912. The van der Waals surface area contributed by atoms with Crippen molar-refractivity contribution in [2.45, 2.75) is 62.8 Å². The smallest absolute Gasteiger partial charge is 0.309 e. The fraction of sp³-hybridized carbons (Fsp3) is 0.688. The maximum Gasteiger partial charge on any atom is 0.309 e. The molecule has 146 valence electrons. The second-order valence-electron chi connectivity index (χ2n) is 7.16. The molecule has 3 heterocycles. The Labute approximate surface area is 164 Å². The van der Waals surface area contributed by atoms with Gasteiger partial charge in [-0.05, 0) is 26.7 Å². The number of hydrogen-bond acceptors (Lipinski definition) is 8. The SMILES string of the molecule is CCCSc1nc(Cl)c2nnn([C@@H]3C[C@H](C(=O)O)[C@H]4OC(C)(C)O[C@H]43)c2n1. The van der Waals surface area contributed by atoms with Gasteiger partial charge in [-0.25, -0.2) is 14.6 Å². The maximum absolute atomic E-state index is 11.7. The van der Waals surface area contributed by atoms with Crippen molar-refractivity contribution >= 4 is 40.5 Å². The van der Waals surface area contributed by atoms with Crippen LogP contribution in [0.25, 0.3) is 11.2 Å². The Bertz CT molecular complexity index is 891. The maximum atomic E-state index is 11.7. The van der Waals surface area contributed by atoms with Gasteiger partial charge in [0, 0.05) is 5.75 Å². The van der Waals surface area contributed by atoms with Crippen LogP contribution in [-0.2, 0) is 14.3 Å². The number of aliphatic carboxylic acids is 1. The zero-order valence-electron chi connectivity index (χ0n) is 15.1. The highest BCUT2D eigenvalue weighted by molar-refractivity contribution is 7.99. The van der Waals surface area contributed by atoms with E-state index >= 15 is 0 Å². The van der Waals surface area contributed by atoms with Crippen LogP contribution in [0.15, 0.2) is 5.16 Å². The Morgan fingerprint density at radius 3 is 2.81 bits per heavy atom. The number of carbonyl (C=O) groups is 1. The van der Waals surface area contributed by atoms with Gasteiger partial charge in [0.2, 0.25) is 0 Å². The number of ether oxygens (including phenoxy) is 2. The molecule has 1 aliphatic heterocycles. The number of aromatic nitrogens is 5. The summed E-state index contributed by atoms with van der Waals surface area (Å²) >= 11 is 7.77. The van der Waals surface area contributed by atoms with E-state index in [2.05, 4.69) is 27.2 Å². The van der Waals surface area contributed by atoms with Gasteiger partial charge in [0.25, 0.3) is 0 Å². The number of carboxylic acid groups (broad SMARTS) is 1. The molecular weight excluding hydrogens is 394 g/mol. The predicted molar refractivity (Wildman–Crippen MR) is 97.7 cm³/mol. The summed E-state index contributed by atoms with van der Waals surface area (Å²) in [5.74, 6) is -1.59. The molecule has 0 amide bonds. The van der Waals surface area contributed by atoms with Crippen LogP contribution in [0, 0.1) is 5.92 Å². The molecule has 4 rings (SSSR count). The fourth-order valence-corrected chi connectivity index (χ4v) is 4.64. The molecule has 1 saturated carbocycles. The lowest BCUT2D eigenvalue weighted by Crippen LogP contribution is -2.30. The molecule has 4 atom stereocenters. The average Bonchev–Trinajstić information content (AvgIpc) is 3.23. The normalized spacial score (nSPS) is 29.3. The van der Waals surface area contributed by atoms with E-state index in [0.29, 0.717) is 22.7 Å². The summed E-state index contributed by atoms with van der Waals surface area (Å²) in [7, 11) is 0. The first-order chi connectivity index (χ1) is 12.8. The minimum Gasteiger partial charge on any atom is -0.481 e.